The minimum Gasteiger partial charge on any atom is -0.370 e. The molecular weight excluding hydrogens is 342 g/mol. The summed E-state index contributed by atoms with van der Waals surface area (Å²) in [6, 6.07) is 4.98. The fourth-order valence-corrected chi connectivity index (χ4v) is 2.17. The molecular formula is C16H17F4N3O2. The minimum absolute atomic E-state index is 0.267. The Morgan fingerprint density at radius 2 is 1.96 bits per heavy atom. The van der Waals surface area contributed by atoms with E-state index in [0.717, 1.165) is 0 Å². The Morgan fingerprint density at radius 3 is 2.56 bits per heavy atom. The largest absolute Gasteiger partial charge is 0.411 e. The maximum Gasteiger partial charge on any atom is 0.411 e. The summed E-state index contributed by atoms with van der Waals surface area (Å²) in [6.45, 7) is 1.56. The van der Waals surface area contributed by atoms with Gasteiger partial charge in [0.15, 0.2) is 0 Å². The zero-order chi connectivity index (χ0) is 18.6. The first-order valence-corrected chi connectivity index (χ1v) is 7.43. The first-order chi connectivity index (χ1) is 11.7. The number of hydrogen-bond donors (Lipinski definition) is 1. The molecule has 1 amide bonds. The second-order valence-electron chi connectivity index (χ2n) is 5.54. The molecule has 0 bridgehead atoms. The van der Waals surface area contributed by atoms with Crippen molar-refractivity contribution in [2.24, 2.45) is 0 Å². The van der Waals surface area contributed by atoms with E-state index in [2.05, 4.69) is 15.2 Å². The zero-order valence-electron chi connectivity index (χ0n) is 13.6. The summed E-state index contributed by atoms with van der Waals surface area (Å²) in [6.07, 6.45) is -3.06. The molecule has 1 N–H and O–H groups in total. The smallest absolute Gasteiger partial charge is 0.370 e. The molecule has 1 heterocycles. The van der Waals surface area contributed by atoms with E-state index in [-0.39, 0.29) is 18.0 Å². The number of ether oxygens (including phenoxy) is 1. The number of aromatic nitrogens is 2. The van der Waals surface area contributed by atoms with Gasteiger partial charge in [-0.15, -0.1) is 0 Å². The third-order valence-corrected chi connectivity index (χ3v) is 3.34. The van der Waals surface area contributed by atoms with Crippen molar-refractivity contribution < 1.29 is 27.1 Å². The highest BCUT2D eigenvalue weighted by Gasteiger charge is 2.27. The number of benzene rings is 1. The maximum absolute atomic E-state index is 13.0. The molecule has 0 saturated carbocycles. The predicted molar refractivity (Wildman–Crippen MR) is 82.1 cm³/mol. The van der Waals surface area contributed by atoms with E-state index in [9.17, 15) is 22.4 Å². The summed E-state index contributed by atoms with van der Waals surface area (Å²) in [5.41, 5.74) is 1.37. The van der Waals surface area contributed by atoms with E-state index >= 15 is 0 Å². The number of nitrogens with one attached hydrogen (secondary N) is 1. The molecule has 136 valence electrons. The summed E-state index contributed by atoms with van der Waals surface area (Å²) in [5, 5.41) is 6.64. The second kappa shape index (κ2) is 7.64. The van der Waals surface area contributed by atoms with Gasteiger partial charge in [0.1, 0.15) is 12.4 Å². The van der Waals surface area contributed by atoms with Gasteiger partial charge in [-0.3, -0.25) is 4.79 Å². The maximum atomic E-state index is 13.0. The Kier molecular flexibility index (Phi) is 5.78. The highest BCUT2D eigenvalue weighted by Crippen LogP contribution is 2.16. The van der Waals surface area contributed by atoms with Gasteiger partial charge in [0, 0.05) is 6.04 Å². The number of carbonyl (C=O) groups excluding carboxylic acids is 1. The third kappa shape index (κ3) is 5.28. The molecule has 0 aliphatic carbocycles. The van der Waals surface area contributed by atoms with Crippen molar-refractivity contribution in [2.45, 2.75) is 26.1 Å². The normalized spacial score (nSPS) is 12.9. The lowest BCUT2D eigenvalue weighted by atomic mass is 10.2. The average Bonchev–Trinajstić information content (AvgIpc) is 2.88. The highest BCUT2D eigenvalue weighted by molar-refractivity contribution is 5.95. The van der Waals surface area contributed by atoms with Gasteiger partial charge in [0.05, 0.1) is 29.7 Å². The molecule has 0 fully saturated rings. The molecule has 1 unspecified atom stereocenters. The Hall–Kier alpha value is -2.42. The fraction of sp³-hybridized carbons (Fsp3) is 0.375. The van der Waals surface area contributed by atoms with Gasteiger partial charge in [0.25, 0.3) is 5.91 Å². The number of amides is 1. The SMILES string of the molecule is Cc1c(C(=O)NC(C)COCC(F)(F)F)cnn1-c1ccc(F)cc1. The molecule has 0 radical (unpaired) electrons. The molecule has 9 heteroatoms. The number of rotatable bonds is 6. The second-order valence-corrected chi connectivity index (χ2v) is 5.54. The molecule has 0 aliphatic heterocycles. The first-order valence-electron chi connectivity index (χ1n) is 7.43. The summed E-state index contributed by atoms with van der Waals surface area (Å²) >= 11 is 0. The lowest BCUT2D eigenvalue weighted by Gasteiger charge is -2.15. The van der Waals surface area contributed by atoms with E-state index in [1.54, 1.807) is 6.92 Å². The Labute approximate surface area is 141 Å². The van der Waals surface area contributed by atoms with Crippen LogP contribution in [0.5, 0.6) is 0 Å². The molecule has 25 heavy (non-hydrogen) atoms. The molecule has 1 aromatic carbocycles. The van der Waals surface area contributed by atoms with E-state index in [1.165, 1.54) is 42.1 Å². The average molecular weight is 359 g/mol. The van der Waals surface area contributed by atoms with Crippen LogP contribution in [0.15, 0.2) is 30.5 Å². The predicted octanol–water partition coefficient (Wildman–Crippen LogP) is 3.02. The highest BCUT2D eigenvalue weighted by atomic mass is 19.4. The van der Waals surface area contributed by atoms with Crippen LogP contribution in [0.4, 0.5) is 17.6 Å². The number of hydrogen-bond acceptors (Lipinski definition) is 3. The van der Waals surface area contributed by atoms with Gasteiger partial charge < -0.3 is 10.1 Å². The Balaban J connectivity index is 1.99. The molecule has 2 rings (SSSR count). The van der Waals surface area contributed by atoms with Crippen LogP contribution in [0.1, 0.15) is 23.0 Å². The van der Waals surface area contributed by atoms with Crippen molar-refractivity contribution >= 4 is 5.91 Å². The standard InChI is InChI=1S/C16H17F4N3O2/c1-10(8-25-9-16(18,19)20)22-15(24)14-7-21-23(11(14)2)13-5-3-12(17)4-6-13/h3-7,10H,8-9H2,1-2H3,(H,22,24). The first kappa shape index (κ1) is 18.9. The van der Waals surface area contributed by atoms with Crippen LogP contribution in [0, 0.1) is 12.7 Å². The number of carbonyl (C=O) groups is 1. The lowest BCUT2D eigenvalue weighted by molar-refractivity contribution is -0.174. The van der Waals surface area contributed by atoms with Crippen LogP contribution in [-0.4, -0.2) is 41.1 Å². The topological polar surface area (TPSA) is 56.1 Å². The van der Waals surface area contributed by atoms with Gasteiger partial charge in [-0.05, 0) is 38.1 Å². The number of nitrogens with zero attached hydrogens (tertiary/aromatic N) is 2. The van der Waals surface area contributed by atoms with Gasteiger partial charge in [-0.2, -0.15) is 18.3 Å². The third-order valence-electron chi connectivity index (χ3n) is 3.34. The molecule has 0 saturated heterocycles. The van der Waals surface area contributed by atoms with E-state index in [0.29, 0.717) is 11.4 Å². The zero-order valence-corrected chi connectivity index (χ0v) is 13.6. The van der Waals surface area contributed by atoms with Crippen LogP contribution in [0.25, 0.3) is 5.69 Å². The van der Waals surface area contributed by atoms with Crippen LogP contribution < -0.4 is 5.32 Å². The van der Waals surface area contributed by atoms with Crippen molar-refractivity contribution in [1.29, 1.82) is 0 Å². The van der Waals surface area contributed by atoms with Crippen molar-refractivity contribution in [3.63, 3.8) is 0 Å². The minimum atomic E-state index is -4.41. The summed E-state index contributed by atoms with van der Waals surface area (Å²) in [4.78, 5) is 12.2. The van der Waals surface area contributed by atoms with Crippen molar-refractivity contribution in [3.8, 4) is 5.69 Å². The van der Waals surface area contributed by atoms with Gasteiger partial charge >= 0.3 is 6.18 Å². The van der Waals surface area contributed by atoms with Crippen LogP contribution in [-0.2, 0) is 4.74 Å². The Bertz CT molecular complexity index is 726. The van der Waals surface area contributed by atoms with E-state index in [4.69, 9.17) is 0 Å². The van der Waals surface area contributed by atoms with Crippen molar-refractivity contribution in [1.82, 2.24) is 15.1 Å². The summed E-state index contributed by atoms with van der Waals surface area (Å²) in [7, 11) is 0. The molecule has 0 spiro atoms. The monoisotopic (exact) mass is 359 g/mol. The molecule has 2 aromatic rings. The number of halogens is 4. The van der Waals surface area contributed by atoms with Crippen molar-refractivity contribution in [2.75, 3.05) is 13.2 Å². The fourth-order valence-electron chi connectivity index (χ4n) is 2.17. The summed E-state index contributed by atoms with van der Waals surface area (Å²) < 4.78 is 55.1. The molecule has 1 atom stereocenters. The summed E-state index contributed by atoms with van der Waals surface area (Å²) in [5.74, 6) is -0.867. The molecule has 5 nitrogen and oxygen atoms in total. The molecule has 0 aliphatic rings. The van der Waals surface area contributed by atoms with Crippen LogP contribution in [0.2, 0.25) is 0 Å². The van der Waals surface area contributed by atoms with Gasteiger partial charge in [-0.1, -0.05) is 0 Å². The quantitative estimate of drug-likeness (QED) is 0.807. The Morgan fingerprint density at radius 1 is 1.32 bits per heavy atom. The lowest BCUT2D eigenvalue weighted by Crippen LogP contribution is -2.37. The van der Waals surface area contributed by atoms with E-state index < -0.39 is 24.7 Å². The number of alkyl halides is 3. The van der Waals surface area contributed by atoms with E-state index in [1.807, 2.05) is 0 Å². The van der Waals surface area contributed by atoms with Crippen molar-refractivity contribution in [3.05, 3.63) is 47.5 Å². The van der Waals surface area contributed by atoms with Gasteiger partial charge in [-0.25, -0.2) is 9.07 Å². The molecule has 1 aromatic heterocycles. The van der Waals surface area contributed by atoms with Gasteiger partial charge in [0.2, 0.25) is 0 Å². The van der Waals surface area contributed by atoms with Crippen LogP contribution >= 0.6 is 0 Å². The van der Waals surface area contributed by atoms with Crippen LogP contribution in [0.3, 0.4) is 0 Å².